The maximum absolute atomic E-state index is 12.6. The van der Waals surface area contributed by atoms with Crippen LogP contribution in [0.4, 0.5) is 17.1 Å². The Kier molecular flexibility index (Phi) is 4.84. The molecule has 1 N–H and O–H groups in total. The smallest absolute Gasteiger partial charge is 0.243 e. The van der Waals surface area contributed by atoms with Crippen LogP contribution in [0.1, 0.15) is 31.7 Å². The van der Waals surface area contributed by atoms with Crippen LogP contribution in [0.5, 0.6) is 0 Å². The van der Waals surface area contributed by atoms with Crippen molar-refractivity contribution in [1.29, 1.82) is 0 Å². The average Bonchev–Trinajstić information content (AvgIpc) is 3.11. The number of anilines is 3. The maximum Gasteiger partial charge on any atom is 0.243 e. The summed E-state index contributed by atoms with van der Waals surface area (Å²) in [6.07, 6.45) is 3.65. The van der Waals surface area contributed by atoms with E-state index < -0.39 is 0 Å². The Labute approximate surface area is 160 Å². The van der Waals surface area contributed by atoms with Gasteiger partial charge in [-0.2, -0.15) is 0 Å². The highest BCUT2D eigenvalue weighted by Crippen LogP contribution is 2.30. The molecule has 0 bridgehead atoms. The molecule has 2 aromatic rings. The van der Waals surface area contributed by atoms with Gasteiger partial charge in [-0.05, 0) is 62.1 Å². The summed E-state index contributed by atoms with van der Waals surface area (Å²) < 4.78 is 0. The molecular weight excluding hydrogens is 338 g/mol. The molecule has 27 heavy (non-hydrogen) atoms. The summed E-state index contributed by atoms with van der Waals surface area (Å²) in [7, 11) is 0. The third-order valence-corrected chi connectivity index (χ3v) is 5.51. The number of aryl methyl sites for hydroxylation is 1. The Morgan fingerprint density at radius 2 is 1.89 bits per heavy atom. The van der Waals surface area contributed by atoms with Crippen LogP contribution >= 0.6 is 0 Å². The minimum absolute atomic E-state index is 0.0245. The molecule has 0 aliphatic carbocycles. The summed E-state index contributed by atoms with van der Waals surface area (Å²) in [5.74, 6) is 0.146. The summed E-state index contributed by atoms with van der Waals surface area (Å²) >= 11 is 0. The highest BCUT2D eigenvalue weighted by Gasteiger charge is 2.25. The first kappa shape index (κ1) is 17.6. The van der Waals surface area contributed by atoms with E-state index in [1.54, 1.807) is 4.90 Å². The Bertz CT molecular complexity index is 847. The minimum Gasteiger partial charge on any atom is -0.359 e. The van der Waals surface area contributed by atoms with E-state index in [1.807, 2.05) is 30.3 Å². The molecule has 0 aromatic heterocycles. The molecule has 0 spiro atoms. The Hall–Kier alpha value is -2.82. The molecule has 1 saturated heterocycles. The zero-order chi connectivity index (χ0) is 18.8. The van der Waals surface area contributed by atoms with Crippen molar-refractivity contribution in [2.75, 3.05) is 28.2 Å². The molecule has 1 atom stereocenters. The van der Waals surface area contributed by atoms with Crippen molar-refractivity contribution in [1.82, 2.24) is 0 Å². The van der Waals surface area contributed by atoms with Gasteiger partial charge < -0.3 is 15.1 Å². The van der Waals surface area contributed by atoms with Crippen LogP contribution in [0.15, 0.2) is 48.5 Å². The molecule has 1 fully saturated rings. The quantitative estimate of drug-likeness (QED) is 0.903. The number of fused-ring (bicyclic) bond motifs is 1. The van der Waals surface area contributed by atoms with Crippen LogP contribution in [0.3, 0.4) is 0 Å². The van der Waals surface area contributed by atoms with E-state index >= 15 is 0 Å². The summed E-state index contributed by atoms with van der Waals surface area (Å²) in [6, 6.07) is 16.2. The number of nitrogens with zero attached hydrogens (tertiary/aromatic N) is 2. The van der Waals surface area contributed by atoms with Gasteiger partial charge in [-0.3, -0.25) is 9.59 Å². The minimum atomic E-state index is -0.0245. The summed E-state index contributed by atoms with van der Waals surface area (Å²) in [6.45, 7) is 3.28. The first-order chi connectivity index (χ1) is 13.1. The predicted molar refractivity (Wildman–Crippen MR) is 108 cm³/mol. The number of carbonyl (C=O) groups is 2. The average molecular weight is 363 g/mol. The van der Waals surface area contributed by atoms with Crippen molar-refractivity contribution in [3.05, 3.63) is 54.1 Å². The lowest BCUT2D eigenvalue weighted by Crippen LogP contribution is -2.42. The second-order valence-electron chi connectivity index (χ2n) is 7.39. The van der Waals surface area contributed by atoms with Crippen molar-refractivity contribution in [3.8, 4) is 0 Å². The normalized spacial score (nSPS) is 19.1. The standard InChI is InChI=1S/C22H25N3O2/c1-16-8-9-17-5-2-3-6-20(17)25(16)15-21(26)23-18-10-12-19(13-11-18)24-14-4-7-22(24)27/h2-3,5-6,10-13,16H,4,7-9,14-15H2,1H3,(H,23,26)/t16-/m0/s1. The van der Waals surface area contributed by atoms with Crippen LogP contribution < -0.4 is 15.1 Å². The number of para-hydroxylation sites is 1. The summed E-state index contributed by atoms with van der Waals surface area (Å²) in [5, 5.41) is 2.99. The van der Waals surface area contributed by atoms with Gasteiger partial charge in [0.1, 0.15) is 0 Å². The van der Waals surface area contributed by atoms with E-state index in [4.69, 9.17) is 0 Å². The largest absolute Gasteiger partial charge is 0.359 e. The lowest BCUT2D eigenvalue weighted by Gasteiger charge is -2.36. The van der Waals surface area contributed by atoms with Crippen LogP contribution in [-0.2, 0) is 16.0 Å². The number of benzene rings is 2. The van der Waals surface area contributed by atoms with Crippen molar-refractivity contribution in [2.24, 2.45) is 0 Å². The number of carbonyl (C=O) groups excluding carboxylic acids is 2. The van der Waals surface area contributed by atoms with E-state index in [0.29, 0.717) is 19.0 Å². The Morgan fingerprint density at radius 3 is 2.63 bits per heavy atom. The van der Waals surface area contributed by atoms with Crippen LogP contribution in [0.25, 0.3) is 0 Å². The molecule has 2 amide bonds. The molecule has 2 heterocycles. The molecule has 5 nitrogen and oxygen atoms in total. The number of hydrogen-bond donors (Lipinski definition) is 1. The van der Waals surface area contributed by atoms with Gasteiger partial charge in [0.25, 0.3) is 0 Å². The van der Waals surface area contributed by atoms with E-state index in [2.05, 4.69) is 35.3 Å². The monoisotopic (exact) mass is 363 g/mol. The predicted octanol–water partition coefficient (Wildman–Crippen LogP) is 3.59. The second kappa shape index (κ2) is 7.43. The van der Waals surface area contributed by atoms with Crippen molar-refractivity contribution < 1.29 is 9.59 Å². The number of hydrogen-bond acceptors (Lipinski definition) is 3. The topological polar surface area (TPSA) is 52.7 Å². The molecule has 0 saturated carbocycles. The molecule has 0 radical (unpaired) electrons. The number of rotatable bonds is 4. The fraction of sp³-hybridized carbons (Fsp3) is 0.364. The zero-order valence-corrected chi connectivity index (χ0v) is 15.6. The maximum atomic E-state index is 12.6. The molecule has 2 aromatic carbocycles. The summed E-state index contributed by atoms with van der Waals surface area (Å²) in [5.41, 5.74) is 4.12. The first-order valence-corrected chi connectivity index (χ1v) is 9.66. The molecule has 5 heteroatoms. The van der Waals surface area contributed by atoms with Gasteiger partial charge >= 0.3 is 0 Å². The summed E-state index contributed by atoms with van der Waals surface area (Å²) in [4.78, 5) is 28.4. The van der Waals surface area contributed by atoms with Gasteiger partial charge in [-0.1, -0.05) is 18.2 Å². The van der Waals surface area contributed by atoms with Gasteiger partial charge in [0.2, 0.25) is 11.8 Å². The van der Waals surface area contributed by atoms with Crippen LogP contribution in [0, 0.1) is 0 Å². The highest BCUT2D eigenvalue weighted by atomic mass is 16.2. The van der Waals surface area contributed by atoms with Crippen LogP contribution in [-0.4, -0.2) is 30.9 Å². The molecule has 2 aliphatic rings. The van der Waals surface area contributed by atoms with Gasteiger partial charge in [0, 0.05) is 36.1 Å². The fourth-order valence-corrected chi connectivity index (χ4v) is 4.00. The SMILES string of the molecule is C[C@H]1CCc2ccccc2N1CC(=O)Nc1ccc(N2CCCC2=O)cc1. The van der Waals surface area contributed by atoms with E-state index in [0.717, 1.165) is 42.9 Å². The van der Waals surface area contributed by atoms with Gasteiger partial charge in [0.05, 0.1) is 6.54 Å². The van der Waals surface area contributed by atoms with Crippen molar-refractivity contribution >= 4 is 28.9 Å². The van der Waals surface area contributed by atoms with Gasteiger partial charge in [-0.15, -0.1) is 0 Å². The van der Waals surface area contributed by atoms with Crippen molar-refractivity contribution in [2.45, 2.75) is 38.6 Å². The Morgan fingerprint density at radius 1 is 1.11 bits per heavy atom. The zero-order valence-electron chi connectivity index (χ0n) is 15.6. The van der Waals surface area contributed by atoms with E-state index in [-0.39, 0.29) is 11.8 Å². The van der Waals surface area contributed by atoms with Gasteiger partial charge in [-0.25, -0.2) is 0 Å². The lowest BCUT2D eigenvalue weighted by molar-refractivity contribution is -0.117. The number of amides is 2. The molecule has 2 aliphatic heterocycles. The van der Waals surface area contributed by atoms with E-state index in [1.165, 1.54) is 5.56 Å². The first-order valence-electron chi connectivity index (χ1n) is 9.66. The molecule has 0 unspecified atom stereocenters. The van der Waals surface area contributed by atoms with Gasteiger partial charge in [0.15, 0.2) is 0 Å². The fourth-order valence-electron chi connectivity index (χ4n) is 4.00. The third kappa shape index (κ3) is 3.68. The molecular formula is C22H25N3O2. The Balaban J connectivity index is 1.42. The lowest BCUT2D eigenvalue weighted by atomic mass is 9.96. The second-order valence-corrected chi connectivity index (χ2v) is 7.39. The van der Waals surface area contributed by atoms with Crippen LogP contribution in [0.2, 0.25) is 0 Å². The third-order valence-electron chi connectivity index (χ3n) is 5.51. The number of nitrogens with one attached hydrogen (secondary N) is 1. The highest BCUT2D eigenvalue weighted by molar-refractivity contribution is 5.97. The molecule has 140 valence electrons. The van der Waals surface area contributed by atoms with Crippen molar-refractivity contribution in [3.63, 3.8) is 0 Å². The molecule has 4 rings (SSSR count). The van der Waals surface area contributed by atoms with E-state index in [9.17, 15) is 9.59 Å².